The zero-order chi connectivity index (χ0) is 14.6. The van der Waals surface area contributed by atoms with Gasteiger partial charge in [0.2, 0.25) is 0 Å². The molecule has 1 heterocycles. The van der Waals surface area contributed by atoms with Gasteiger partial charge in [0.15, 0.2) is 0 Å². The highest BCUT2D eigenvalue weighted by Gasteiger charge is 2.19. The van der Waals surface area contributed by atoms with Gasteiger partial charge in [0.1, 0.15) is 15.7 Å². The third-order valence-corrected chi connectivity index (χ3v) is 4.86. The summed E-state index contributed by atoms with van der Waals surface area (Å²) in [7, 11) is -2.89. The molecule has 0 bridgehead atoms. The fourth-order valence-corrected chi connectivity index (χ4v) is 3.33. The Morgan fingerprint density at radius 3 is 2.55 bits per heavy atom. The molecule has 1 atom stereocenters. The topological polar surface area (TPSA) is 37.4 Å². The van der Waals surface area contributed by atoms with E-state index in [9.17, 15) is 12.8 Å². The fourth-order valence-electron chi connectivity index (χ4n) is 2.74. The van der Waals surface area contributed by atoms with Crippen LogP contribution in [0.2, 0.25) is 0 Å². The van der Waals surface area contributed by atoms with Crippen LogP contribution in [0.5, 0.6) is 0 Å². The molecular weight excluding hydrogens is 277 g/mol. The van der Waals surface area contributed by atoms with E-state index < -0.39 is 9.84 Å². The molecule has 0 radical (unpaired) electrons. The lowest BCUT2D eigenvalue weighted by Crippen LogP contribution is -2.30. The van der Waals surface area contributed by atoms with Crippen molar-refractivity contribution in [1.82, 2.24) is 4.90 Å². The van der Waals surface area contributed by atoms with Gasteiger partial charge in [0, 0.05) is 12.8 Å². The van der Waals surface area contributed by atoms with Crippen molar-refractivity contribution in [3.8, 4) is 0 Å². The molecule has 0 N–H and O–H groups in total. The average molecular weight is 299 g/mol. The van der Waals surface area contributed by atoms with Gasteiger partial charge in [-0.25, -0.2) is 12.8 Å². The van der Waals surface area contributed by atoms with Crippen LogP contribution in [-0.4, -0.2) is 45.0 Å². The number of benzene rings is 1. The quantitative estimate of drug-likeness (QED) is 0.857. The van der Waals surface area contributed by atoms with Crippen LogP contribution in [0.25, 0.3) is 0 Å². The van der Waals surface area contributed by atoms with Crippen molar-refractivity contribution in [2.24, 2.45) is 0 Å². The van der Waals surface area contributed by atoms with Crippen molar-refractivity contribution in [2.45, 2.75) is 25.2 Å². The number of hydrogen-bond acceptors (Lipinski definition) is 3. The molecule has 0 amide bonds. The van der Waals surface area contributed by atoms with Gasteiger partial charge in [0.05, 0.1) is 5.75 Å². The van der Waals surface area contributed by atoms with Gasteiger partial charge in [-0.3, -0.25) is 0 Å². The van der Waals surface area contributed by atoms with E-state index in [0.717, 1.165) is 32.4 Å². The minimum absolute atomic E-state index is 0.197. The first kappa shape index (κ1) is 15.4. The highest BCUT2D eigenvalue weighted by atomic mass is 32.2. The summed E-state index contributed by atoms with van der Waals surface area (Å²) < 4.78 is 35.4. The van der Waals surface area contributed by atoms with Gasteiger partial charge in [-0.1, -0.05) is 12.1 Å². The molecule has 112 valence electrons. The first-order valence-electron chi connectivity index (χ1n) is 7.09. The fraction of sp³-hybridized carbons (Fsp3) is 0.600. The van der Waals surface area contributed by atoms with Gasteiger partial charge < -0.3 is 4.90 Å². The second-order valence-electron chi connectivity index (χ2n) is 5.65. The van der Waals surface area contributed by atoms with E-state index in [0.29, 0.717) is 12.5 Å². The maximum Gasteiger partial charge on any atom is 0.148 e. The summed E-state index contributed by atoms with van der Waals surface area (Å²) in [6.45, 7) is 2.49. The summed E-state index contributed by atoms with van der Waals surface area (Å²) >= 11 is 0. The van der Waals surface area contributed by atoms with E-state index in [-0.39, 0.29) is 11.6 Å². The zero-order valence-corrected chi connectivity index (χ0v) is 12.7. The third kappa shape index (κ3) is 4.87. The molecule has 20 heavy (non-hydrogen) atoms. The maximum absolute atomic E-state index is 12.9. The number of sulfone groups is 1. The van der Waals surface area contributed by atoms with Gasteiger partial charge >= 0.3 is 0 Å². The van der Waals surface area contributed by atoms with Crippen LogP contribution in [0.15, 0.2) is 24.3 Å². The summed E-state index contributed by atoms with van der Waals surface area (Å²) in [4.78, 5) is 2.23. The van der Waals surface area contributed by atoms with E-state index >= 15 is 0 Å². The smallest absolute Gasteiger partial charge is 0.148 e. The van der Waals surface area contributed by atoms with Crippen LogP contribution in [-0.2, 0) is 9.84 Å². The highest BCUT2D eigenvalue weighted by Crippen LogP contribution is 2.28. The monoisotopic (exact) mass is 299 g/mol. The minimum atomic E-state index is -2.89. The lowest BCUT2D eigenvalue weighted by atomic mass is 9.92. The van der Waals surface area contributed by atoms with Gasteiger partial charge in [-0.15, -0.1) is 0 Å². The summed E-state index contributed by atoms with van der Waals surface area (Å²) in [5.74, 6) is 0.491. The Kier molecular flexibility index (Phi) is 5.16. The van der Waals surface area contributed by atoms with Gasteiger partial charge in [-0.05, 0) is 56.0 Å². The molecule has 1 saturated heterocycles. The Morgan fingerprint density at radius 1 is 1.20 bits per heavy atom. The average Bonchev–Trinajstić information content (AvgIpc) is 2.62. The molecule has 1 aromatic rings. The lowest BCUT2D eigenvalue weighted by Gasteiger charge is -2.19. The van der Waals surface area contributed by atoms with E-state index in [1.165, 1.54) is 24.0 Å². The SMILES string of the molecule is CS(=O)(=O)CCN1CCCC(c2ccc(F)cc2)CC1. The third-order valence-electron chi connectivity index (χ3n) is 3.94. The molecule has 2 rings (SSSR count). The number of likely N-dealkylation sites (tertiary alicyclic amines) is 1. The van der Waals surface area contributed by atoms with Crippen molar-refractivity contribution in [3.63, 3.8) is 0 Å². The molecule has 1 aliphatic rings. The molecule has 5 heteroatoms. The van der Waals surface area contributed by atoms with Crippen LogP contribution in [0.3, 0.4) is 0 Å². The van der Waals surface area contributed by atoms with E-state index in [1.54, 1.807) is 0 Å². The molecule has 1 aromatic carbocycles. The number of halogens is 1. The lowest BCUT2D eigenvalue weighted by molar-refractivity contribution is 0.300. The predicted molar refractivity (Wildman–Crippen MR) is 79.1 cm³/mol. The van der Waals surface area contributed by atoms with Crippen molar-refractivity contribution in [2.75, 3.05) is 31.6 Å². The van der Waals surface area contributed by atoms with E-state index in [2.05, 4.69) is 4.90 Å². The predicted octanol–water partition coefficient (Wildman–Crippen LogP) is 2.44. The largest absolute Gasteiger partial charge is 0.302 e. The Balaban J connectivity index is 1.90. The Hall–Kier alpha value is -0.940. The zero-order valence-electron chi connectivity index (χ0n) is 11.9. The van der Waals surface area contributed by atoms with Crippen LogP contribution < -0.4 is 0 Å². The van der Waals surface area contributed by atoms with E-state index in [1.807, 2.05) is 12.1 Å². The molecule has 1 aliphatic heterocycles. The van der Waals surface area contributed by atoms with Crippen LogP contribution in [0.1, 0.15) is 30.7 Å². The Morgan fingerprint density at radius 2 is 1.90 bits per heavy atom. The highest BCUT2D eigenvalue weighted by molar-refractivity contribution is 7.90. The van der Waals surface area contributed by atoms with Crippen molar-refractivity contribution >= 4 is 9.84 Å². The molecule has 3 nitrogen and oxygen atoms in total. The summed E-state index contributed by atoms with van der Waals surface area (Å²) in [5, 5.41) is 0. The molecule has 1 unspecified atom stereocenters. The normalized spacial score (nSPS) is 21.6. The molecule has 0 aliphatic carbocycles. The first-order valence-corrected chi connectivity index (χ1v) is 9.15. The Labute approximate surface area is 120 Å². The number of hydrogen-bond donors (Lipinski definition) is 0. The molecular formula is C15H22FNO2S. The minimum Gasteiger partial charge on any atom is -0.302 e. The van der Waals surface area contributed by atoms with Crippen molar-refractivity contribution < 1.29 is 12.8 Å². The summed E-state index contributed by atoms with van der Waals surface area (Å²) in [5.41, 5.74) is 1.19. The van der Waals surface area contributed by atoms with Crippen LogP contribution in [0, 0.1) is 5.82 Å². The molecule has 0 spiro atoms. The van der Waals surface area contributed by atoms with Crippen LogP contribution >= 0.6 is 0 Å². The maximum atomic E-state index is 12.9. The standard InChI is InChI=1S/C15H22FNO2S/c1-20(18,19)12-11-17-9-2-3-13(8-10-17)14-4-6-15(16)7-5-14/h4-7,13H,2-3,8-12H2,1H3. The number of rotatable bonds is 4. The summed E-state index contributed by atoms with van der Waals surface area (Å²) in [6.07, 6.45) is 4.44. The Bertz CT molecular complexity index is 527. The number of nitrogens with zero attached hydrogens (tertiary/aromatic N) is 1. The van der Waals surface area contributed by atoms with Crippen molar-refractivity contribution in [3.05, 3.63) is 35.6 Å². The molecule has 0 saturated carbocycles. The molecule has 0 aromatic heterocycles. The van der Waals surface area contributed by atoms with Crippen LogP contribution in [0.4, 0.5) is 4.39 Å². The second kappa shape index (κ2) is 6.68. The first-order chi connectivity index (χ1) is 9.44. The van der Waals surface area contributed by atoms with Gasteiger partial charge in [0.25, 0.3) is 0 Å². The second-order valence-corrected chi connectivity index (χ2v) is 7.91. The van der Waals surface area contributed by atoms with Crippen molar-refractivity contribution in [1.29, 1.82) is 0 Å². The van der Waals surface area contributed by atoms with E-state index in [4.69, 9.17) is 0 Å². The summed E-state index contributed by atoms with van der Waals surface area (Å²) in [6, 6.07) is 6.77. The van der Waals surface area contributed by atoms with Gasteiger partial charge in [-0.2, -0.15) is 0 Å². The molecule has 1 fully saturated rings.